The molecule has 3 rings (SSSR count). The van der Waals surface area contributed by atoms with Gasteiger partial charge in [-0.05, 0) is 30.7 Å². The lowest BCUT2D eigenvalue weighted by molar-refractivity contribution is 0.298. The fourth-order valence-electron chi connectivity index (χ4n) is 2.49. The summed E-state index contributed by atoms with van der Waals surface area (Å²) in [6, 6.07) is 5.81. The van der Waals surface area contributed by atoms with E-state index in [4.69, 9.17) is 9.84 Å². The van der Waals surface area contributed by atoms with Crippen LogP contribution < -0.4 is 10.3 Å². The minimum Gasteiger partial charge on any atom is -0.493 e. The fraction of sp³-hybridized carbons (Fsp3) is 0.333. The molecular weight excluding hydrogens is 256 g/mol. The number of aliphatic hydroxyl groups excluding tert-OH is 1. The van der Waals surface area contributed by atoms with E-state index < -0.39 is 0 Å². The Balaban J connectivity index is 2.05. The van der Waals surface area contributed by atoms with Gasteiger partial charge in [0.25, 0.3) is 5.56 Å². The summed E-state index contributed by atoms with van der Waals surface area (Å²) in [5.74, 6) is 1.47. The maximum absolute atomic E-state index is 12.0. The van der Waals surface area contributed by atoms with Crippen molar-refractivity contribution < 1.29 is 9.84 Å². The van der Waals surface area contributed by atoms with Gasteiger partial charge in [-0.25, -0.2) is 4.98 Å². The molecule has 2 N–H and O–H groups in total. The second-order valence-corrected chi connectivity index (χ2v) is 4.87. The normalized spacial score (nSPS) is 13.1. The van der Waals surface area contributed by atoms with Gasteiger partial charge in [-0.3, -0.25) is 4.79 Å². The first-order valence-corrected chi connectivity index (χ1v) is 6.66. The standard InChI is InChI=1S/C15H16N2O3/c1-9-12(4-6-18)15(19)17-14(16-9)11-2-3-13-10(8-11)5-7-20-13/h2-3,8,18H,4-7H2,1H3,(H,16,17,19). The Kier molecular flexibility index (Phi) is 3.28. The van der Waals surface area contributed by atoms with Crippen molar-refractivity contribution in [3.8, 4) is 17.1 Å². The van der Waals surface area contributed by atoms with Gasteiger partial charge in [-0.1, -0.05) is 0 Å². The molecule has 1 aliphatic rings. The molecule has 0 saturated carbocycles. The van der Waals surface area contributed by atoms with E-state index >= 15 is 0 Å². The quantitative estimate of drug-likeness (QED) is 0.880. The number of ether oxygens (including phenoxy) is 1. The molecule has 0 saturated heterocycles. The molecule has 2 aromatic rings. The van der Waals surface area contributed by atoms with Gasteiger partial charge in [0.05, 0.1) is 6.61 Å². The van der Waals surface area contributed by atoms with E-state index in [9.17, 15) is 4.79 Å². The van der Waals surface area contributed by atoms with Gasteiger partial charge < -0.3 is 14.8 Å². The Morgan fingerprint density at radius 3 is 3.05 bits per heavy atom. The van der Waals surface area contributed by atoms with Crippen molar-refractivity contribution in [2.75, 3.05) is 13.2 Å². The highest BCUT2D eigenvalue weighted by Crippen LogP contribution is 2.28. The molecule has 5 nitrogen and oxygen atoms in total. The van der Waals surface area contributed by atoms with E-state index in [1.807, 2.05) is 18.2 Å². The summed E-state index contributed by atoms with van der Waals surface area (Å²) in [6.07, 6.45) is 1.21. The smallest absolute Gasteiger partial charge is 0.254 e. The number of nitrogens with one attached hydrogen (secondary N) is 1. The first-order valence-electron chi connectivity index (χ1n) is 6.66. The maximum Gasteiger partial charge on any atom is 0.254 e. The van der Waals surface area contributed by atoms with E-state index in [0.717, 1.165) is 23.3 Å². The van der Waals surface area contributed by atoms with E-state index in [0.29, 0.717) is 30.1 Å². The van der Waals surface area contributed by atoms with Crippen LogP contribution in [0.3, 0.4) is 0 Å². The highest BCUT2D eigenvalue weighted by atomic mass is 16.5. The summed E-state index contributed by atoms with van der Waals surface area (Å²) in [5.41, 5.74) is 3.04. The molecule has 0 spiro atoms. The fourth-order valence-corrected chi connectivity index (χ4v) is 2.49. The molecule has 2 heterocycles. The third-order valence-electron chi connectivity index (χ3n) is 3.55. The highest BCUT2D eigenvalue weighted by Gasteiger charge is 2.14. The first-order chi connectivity index (χ1) is 9.69. The average Bonchev–Trinajstić information content (AvgIpc) is 2.90. The van der Waals surface area contributed by atoms with E-state index in [1.54, 1.807) is 6.92 Å². The number of aliphatic hydroxyl groups is 1. The number of nitrogens with zero attached hydrogens (tertiary/aromatic N) is 1. The van der Waals surface area contributed by atoms with Crippen LogP contribution in [-0.4, -0.2) is 28.3 Å². The van der Waals surface area contributed by atoms with Crippen LogP contribution in [0.4, 0.5) is 0 Å². The van der Waals surface area contributed by atoms with Crippen molar-refractivity contribution in [2.24, 2.45) is 0 Å². The molecule has 0 unspecified atom stereocenters. The van der Waals surface area contributed by atoms with Crippen molar-refractivity contribution in [1.82, 2.24) is 9.97 Å². The number of hydrogen-bond donors (Lipinski definition) is 2. The molecule has 104 valence electrons. The number of H-pyrrole nitrogens is 1. The lowest BCUT2D eigenvalue weighted by Gasteiger charge is -2.07. The largest absolute Gasteiger partial charge is 0.493 e. The zero-order valence-corrected chi connectivity index (χ0v) is 11.3. The monoisotopic (exact) mass is 272 g/mol. The molecule has 0 fully saturated rings. The molecule has 20 heavy (non-hydrogen) atoms. The van der Waals surface area contributed by atoms with Crippen LogP contribution in [0, 0.1) is 6.92 Å². The number of aromatic amines is 1. The molecule has 1 aromatic carbocycles. The van der Waals surface area contributed by atoms with Crippen LogP contribution >= 0.6 is 0 Å². The minimum atomic E-state index is -0.182. The Morgan fingerprint density at radius 2 is 2.30 bits per heavy atom. The lowest BCUT2D eigenvalue weighted by Crippen LogP contribution is -2.18. The van der Waals surface area contributed by atoms with E-state index in [-0.39, 0.29) is 12.2 Å². The zero-order chi connectivity index (χ0) is 14.1. The summed E-state index contributed by atoms with van der Waals surface area (Å²) in [4.78, 5) is 19.3. The molecule has 1 aromatic heterocycles. The molecule has 1 aliphatic heterocycles. The van der Waals surface area contributed by atoms with Crippen LogP contribution in [0.15, 0.2) is 23.0 Å². The molecule has 0 radical (unpaired) electrons. The summed E-state index contributed by atoms with van der Waals surface area (Å²) >= 11 is 0. The topological polar surface area (TPSA) is 75.2 Å². The van der Waals surface area contributed by atoms with Gasteiger partial charge in [0.1, 0.15) is 11.6 Å². The maximum atomic E-state index is 12.0. The van der Waals surface area contributed by atoms with E-state index in [2.05, 4.69) is 9.97 Å². The molecule has 0 bridgehead atoms. The number of fused-ring (bicyclic) bond motifs is 1. The van der Waals surface area contributed by atoms with Gasteiger partial charge in [-0.2, -0.15) is 0 Å². The Labute approximate surface area is 116 Å². The number of benzene rings is 1. The van der Waals surface area contributed by atoms with Crippen LogP contribution in [0.1, 0.15) is 16.8 Å². The Morgan fingerprint density at radius 1 is 1.45 bits per heavy atom. The van der Waals surface area contributed by atoms with Crippen LogP contribution in [0.2, 0.25) is 0 Å². The highest BCUT2D eigenvalue weighted by molar-refractivity contribution is 5.59. The molecular formula is C15H16N2O3. The van der Waals surface area contributed by atoms with Gasteiger partial charge in [0, 0.05) is 36.3 Å². The minimum absolute atomic E-state index is 0.0544. The summed E-state index contributed by atoms with van der Waals surface area (Å²) in [7, 11) is 0. The lowest BCUT2D eigenvalue weighted by atomic mass is 10.1. The molecule has 5 heteroatoms. The Bertz CT molecular complexity index is 707. The summed E-state index contributed by atoms with van der Waals surface area (Å²) in [6.45, 7) is 2.44. The van der Waals surface area contributed by atoms with Crippen molar-refractivity contribution >= 4 is 0 Å². The van der Waals surface area contributed by atoms with Crippen LogP contribution in [0.5, 0.6) is 5.75 Å². The summed E-state index contributed by atoms with van der Waals surface area (Å²) in [5, 5.41) is 8.97. The summed E-state index contributed by atoms with van der Waals surface area (Å²) < 4.78 is 5.47. The molecule has 0 amide bonds. The van der Waals surface area contributed by atoms with Gasteiger partial charge in [-0.15, -0.1) is 0 Å². The van der Waals surface area contributed by atoms with Gasteiger partial charge in [0.2, 0.25) is 0 Å². The zero-order valence-electron chi connectivity index (χ0n) is 11.3. The van der Waals surface area contributed by atoms with Crippen molar-refractivity contribution in [3.05, 3.63) is 45.4 Å². The van der Waals surface area contributed by atoms with E-state index in [1.165, 1.54) is 0 Å². The second kappa shape index (κ2) is 5.09. The predicted octanol–water partition coefficient (Wildman–Crippen LogP) is 1.22. The van der Waals surface area contributed by atoms with Crippen molar-refractivity contribution in [1.29, 1.82) is 0 Å². The van der Waals surface area contributed by atoms with Crippen molar-refractivity contribution in [3.63, 3.8) is 0 Å². The van der Waals surface area contributed by atoms with Crippen molar-refractivity contribution in [2.45, 2.75) is 19.8 Å². The first kappa shape index (κ1) is 12.9. The van der Waals surface area contributed by atoms with Crippen LogP contribution in [0.25, 0.3) is 11.4 Å². The van der Waals surface area contributed by atoms with Gasteiger partial charge in [0.15, 0.2) is 0 Å². The predicted molar refractivity (Wildman–Crippen MR) is 75.0 cm³/mol. The van der Waals surface area contributed by atoms with Crippen LogP contribution in [-0.2, 0) is 12.8 Å². The Hall–Kier alpha value is -2.14. The number of aromatic nitrogens is 2. The molecule has 0 atom stereocenters. The second-order valence-electron chi connectivity index (χ2n) is 4.87. The number of hydrogen-bond acceptors (Lipinski definition) is 4. The number of rotatable bonds is 3. The molecule has 0 aliphatic carbocycles. The third-order valence-corrected chi connectivity index (χ3v) is 3.55. The van der Waals surface area contributed by atoms with Gasteiger partial charge >= 0.3 is 0 Å². The number of aryl methyl sites for hydroxylation is 1. The SMILES string of the molecule is Cc1nc(-c2ccc3c(c2)CCO3)[nH]c(=O)c1CCO. The average molecular weight is 272 g/mol. The third kappa shape index (κ3) is 2.20.